The van der Waals surface area contributed by atoms with E-state index in [0.717, 1.165) is 18.5 Å². The molecule has 0 aromatic heterocycles. The maximum atomic E-state index is 13.6. The minimum absolute atomic E-state index is 0.0285. The molecular weight excluding hydrogens is 518 g/mol. The Morgan fingerprint density at radius 1 is 1.07 bits per heavy atom. The predicted molar refractivity (Wildman–Crippen MR) is 159 cm³/mol. The highest BCUT2D eigenvalue weighted by Crippen LogP contribution is 2.39. The van der Waals surface area contributed by atoms with Gasteiger partial charge in [-0.05, 0) is 70.8 Å². The molecule has 4 rings (SSSR count). The molecule has 1 aromatic carbocycles. The van der Waals surface area contributed by atoms with Crippen molar-refractivity contribution in [3.05, 3.63) is 35.9 Å². The van der Waals surface area contributed by atoms with E-state index in [0.29, 0.717) is 37.8 Å². The first kappa shape index (κ1) is 31.6. The lowest BCUT2D eigenvalue weighted by atomic mass is 9.72. The molecule has 1 aromatic rings. The first-order valence-corrected chi connectivity index (χ1v) is 15.7. The van der Waals surface area contributed by atoms with E-state index in [9.17, 15) is 19.5 Å². The zero-order chi connectivity index (χ0) is 29.6. The Labute approximate surface area is 246 Å². The third-order valence-corrected chi connectivity index (χ3v) is 9.04. The maximum absolute atomic E-state index is 13.6. The summed E-state index contributed by atoms with van der Waals surface area (Å²) in [4.78, 5) is 43.5. The molecule has 228 valence electrons. The Morgan fingerprint density at radius 3 is 2.46 bits per heavy atom. The number of aliphatic hydroxyl groups is 1. The number of likely N-dealkylation sites (tertiary alicyclic amines) is 2. The van der Waals surface area contributed by atoms with Crippen LogP contribution in [0.4, 0.5) is 0 Å². The van der Waals surface area contributed by atoms with Gasteiger partial charge in [-0.3, -0.25) is 19.3 Å². The number of fused-ring (bicyclic) bond motifs is 1. The van der Waals surface area contributed by atoms with Gasteiger partial charge < -0.3 is 20.1 Å². The second-order valence-electron chi connectivity index (χ2n) is 13.5. The van der Waals surface area contributed by atoms with Crippen molar-refractivity contribution in [3.63, 3.8) is 0 Å². The summed E-state index contributed by atoms with van der Waals surface area (Å²) in [6.07, 6.45) is 6.26. The van der Waals surface area contributed by atoms with Gasteiger partial charge in [0.25, 0.3) is 0 Å². The van der Waals surface area contributed by atoms with Crippen LogP contribution in [0, 0.1) is 17.8 Å². The minimum Gasteiger partial charge on any atom is -0.390 e. The molecule has 2 aliphatic heterocycles. The zero-order valence-electron chi connectivity index (χ0n) is 25.5. The topological polar surface area (TPSA) is 99.2 Å². The summed E-state index contributed by atoms with van der Waals surface area (Å²) in [5.74, 6) is 0.609. The van der Waals surface area contributed by atoms with Crippen LogP contribution in [-0.4, -0.2) is 89.1 Å². The SMILES string of the molecule is CCOCC(=O)CC1CC(Cc2ccccc2)N(CC(O)CN2C[C@H]3CCCC[C@H]3CC2C(=O)NC(C)(C)C)C1=O. The monoisotopic (exact) mass is 569 g/mol. The van der Waals surface area contributed by atoms with Gasteiger partial charge in [-0.2, -0.15) is 0 Å². The largest absolute Gasteiger partial charge is 0.390 e. The van der Waals surface area contributed by atoms with Gasteiger partial charge >= 0.3 is 0 Å². The molecule has 6 atom stereocenters. The Balaban J connectivity index is 1.46. The molecule has 8 heteroatoms. The van der Waals surface area contributed by atoms with Crippen LogP contribution < -0.4 is 5.32 Å². The molecule has 2 amide bonds. The molecule has 0 spiro atoms. The first-order valence-electron chi connectivity index (χ1n) is 15.7. The predicted octanol–water partition coefficient (Wildman–Crippen LogP) is 3.60. The summed E-state index contributed by atoms with van der Waals surface area (Å²) in [5, 5.41) is 14.6. The molecule has 2 saturated heterocycles. The van der Waals surface area contributed by atoms with Crippen LogP contribution in [0.15, 0.2) is 30.3 Å². The minimum atomic E-state index is -0.792. The number of ether oxygens (including phenoxy) is 1. The Bertz CT molecular complexity index is 1030. The highest BCUT2D eigenvalue weighted by Gasteiger charge is 2.43. The second-order valence-corrected chi connectivity index (χ2v) is 13.5. The lowest BCUT2D eigenvalue weighted by molar-refractivity contribution is -0.137. The number of hydrogen-bond donors (Lipinski definition) is 2. The van der Waals surface area contributed by atoms with Crippen molar-refractivity contribution in [2.24, 2.45) is 17.8 Å². The normalized spacial score (nSPS) is 27.9. The Hall–Kier alpha value is -2.29. The number of Topliss-reactive ketones (excluding diaryl/α,β-unsaturated/α-hetero) is 1. The molecule has 1 saturated carbocycles. The molecular formula is C33H51N3O5. The van der Waals surface area contributed by atoms with Crippen LogP contribution in [-0.2, 0) is 25.5 Å². The Kier molecular flexibility index (Phi) is 11.0. The fourth-order valence-corrected chi connectivity index (χ4v) is 7.19. The molecule has 0 radical (unpaired) electrons. The number of amides is 2. The van der Waals surface area contributed by atoms with Crippen molar-refractivity contribution < 1.29 is 24.2 Å². The van der Waals surface area contributed by atoms with E-state index in [1.807, 2.05) is 45.9 Å². The van der Waals surface area contributed by atoms with Gasteiger partial charge in [0.1, 0.15) is 6.61 Å². The molecule has 0 bridgehead atoms. The molecule has 8 nitrogen and oxygen atoms in total. The number of benzene rings is 1. The summed E-state index contributed by atoms with van der Waals surface area (Å²) in [6, 6.07) is 9.70. The van der Waals surface area contributed by atoms with E-state index in [-0.39, 0.29) is 54.8 Å². The zero-order valence-corrected chi connectivity index (χ0v) is 25.5. The Morgan fingerprint density at radius 2 is 1.78 bits per heavy atom. The number of rotatable bonds is 12. The second kappa shape index (κ2) is 14.3. The number of hydrogen-bond acceptors (Lipinski definition) is 6. The van der Waals surface area contributed by atoms with Crippen molar-refractivity contribution in [2.75, 3.05) is 32.8 Å². The standard InChI is InChI=1S/C33H51N3O5/c1-5-41-22-28(37)17-26-16-27(15-23-11-7-6-8-12-23)36(32(26)40)21-29(38)20-35-19-25-14-10-9-13-24(25)18-30(35)31(39)34-33(2,3)4/h6-8,11-12,24-27,29-30,38H,5,9-10,13-22H2,1-4H3,(H,34,39)/t24-,25+,26?,27?,29?,30?/m0/s1. The van der Waals surface area contributed by atoms with Crippen LogP contribution >= 0.6 is 0 Å². The molecule has 41 heavy (non-hydrogen) atoms. The number of carbonyl (C=O) groups is 3. The van der Waals surface area contributed by atoms with E-state index < -0.39 is 12.0 Å². The third kappa shape index (κ3) is 8.85. The average Bonchev–Trinajstić information content (AvgIpc) is 3.19. The van der Waals surface area contributed by atoms with Crippen LogP contribution in [0.2, 0.25) is 0 Å². The number of piperidine rings is 1. The quantitative estimate of drug-likeness (QED) is 0.399. The lowest BCUT2D eigenvalue weighted by Gasteiger charge is -2.46. The van der Waals surface area contributed by atoms with E-state index >= 15 is 0 Å². The van der Waals surface area contributed by atoms with Crippen molar-refractivity contribution in [2.45, 2.75) is 103 Å². The fraction of sp³-hybridized carbons (Fsp3) is 0.727. The van der Waals surface area contributed by atoms with Crippen molar-refractivity contribution in [1.29, 1.82) is 0 Å². The number of nitrogens with one attached hydrogen (secondary N) is 1. The van der Waals surface area contributed by atoms with Gasteiger partial charge in [-0.1, -0.05) is 49.6 Å². The molecule has 1 aliphatic carbocycles. The molecule has 4 unspecified atom stereocenters. The van der Waals surface area contributed by atoms with Crippen molar-refractivity contribution in [1.82, 2.24) is 15.1 Å². The smallest absolute Gasteiger partial charge is 0.237 e. The van der Waals surface area contributed by atoms with E-state index in [1.54, 1.807) is 4.90 Å². The molecule has 2 heterocycles. The summed E-state index contributed by atoms with van der Waals surface area (Å²) in [5.41, 5.74) is 0.802. The average molecular weight is 570 g/mol. The third-order valence-electron chi connectivity index (χ3n) is 9.04. The van der Waals surface area contributed by atoms with Crippen LogP contribution in [0.3, 0.4) is 0 Å². The maximum Gasteiger partial charge on any atom is 0.237 e. The summed E-state index contributed by atoms with van der Waals surface area (Å²) in [7, 11) is 0. The highest BCUT2D eigenvalue weighted by molar-refractivity contribution is 5.89. The highest BCUT2D eigenvalue weighted by atomic mass is 16.5. The number of aliphatic hydroxyl groups excluding tert-OH is 1. The van der Waals surface area contributed by atoms with Crippen LogP contribution in [0.5, 0.6) is 0 Å². The number of ketones is 1. The van der Waals surface area contributed by atoms with Gasteiger partial charge in [-0.25, -0.2) is 0 Å². The van der Waals surface area contributed by atoms with Gasteiger partial charge in [0.2, 0.25) is 11.8 Å². The van der Waals surface area contributed by atoms with E-state index in [4.69, 9.17) is 4.74 Å². The van der Waals surface area contributed by atoms with E-state index in [2.05, 4.69) is 22.3 Å². The van der Waals surface area contributed by atoms with Gasteiger partial charge in [0.05, 0.1) is 12.1 Å². The number of nitrogens with zero attached hydrogens (tertiary/aromatic N) is 2. The fourth-order valence-electron chi connectivity index (χ4n) is 7.19. The molecule has 2 N–H and O–H groups in total. The van der Waals surface area contributed by atoms with Gasteiger partial charge in [0.15, 0.2) is 5.78 Å². The van der Waals surface area contributed by atoms with Crippen LogP contribution in [0.1, 0.15) is 78.2 Å². The number of β-amino-alcohol motifs (C(OH)–C–C–N with tert-alkyl or cyclic N) is 1. The summed E-state index contributed by atoms with van der Waals surface area (Å²) < 4.78 is 5.28. The van der Waals surface area contributed by atoms with Gasteiger partial charge in [-0.15, -0.1) is 0 Å². The van der Waals surface area contributed by atoms with Gasteiger partial charge in [0, 0.05) is 50.2 Å². The van der Waals surface area contributed by atoms with Crippen molar-refractivity contribution >= 4 is 17.6 Å². The molecule has 3 aliphatic rings. The lowest BCUT2D eigenvalue weighted by Crippen LogP contribution is -2.59. The number of carbonyl (C=O) groups excluding carboxylic acids is 3. The molecule has 3 fully saturated rings. The summed E-state index contributed by atoms with van der Waals surface area (Å²) in [6.45, 7) is 9.69. The van der Waals surface area contributed by atoms with Crippen molar-refractivity contribution in [3.8, 4) is 0 Å². The van der Waals surface area contributed by atoms with Crippen LogP contribution in [0.25, 0.3) is 0 Å². The van der Waals surface area contributed by atoms with E-state index in [1.165, 1.54) is 25.7 Å². The first-order chi connectivity index (χ1) is 19.5. The summed E-state index contributed by atoms with van der Waals surface area (Å²) >= 11 is 0.